The van der Waals surface area contributed by atoms with Gasteiger partial charge in [-0.25, -0.2) is 4.79 Å². The zero-order valence-electron chi connectivity index (χ0n) is 14.2. The molecule has 8 nitrogen and oxygen atoms in total. The summed E-state index contributed by atoms with van der Waals surface area (Å²) in [6, 6.07) is 5.33. The van der Waals surface area contributed by atoms with Crippen LogP contribution in [0, 0.1) is 6.92 Å². The smallest absolute Gasteiger partial charge is 0.325 e. The molecule has 0 fully saturated rings. The van der Waals surface area contributed by atoms with Crippen molar-refractivity contribution in [1.82, 2.24) is 19.9 Å². The highest BCUT2D eigenvalue weighted by Gasteiger charge is 2.14. The number of rotatable bonds is 6. The molecule has 0 atom stereocenters. The second-order valence-electron chi connectivity index (χ2n) is 5.56. The van der Waals surface area contributed by atoms with Crippen molar-refractivity contribution < 1.29 is 9.32 Å². The molecule has 0 aliphatic rings. The van der Waals surface area contributed by atoms with Crippen LogP contribution in [0.2, 0.25) is 0 Å². The van der Waals surface area contributed by atoms with E-state index in [1.165, 1.54) is 5.56 Å². The third-order valence-corrected chi connectivity index (χ3v) is 3.77. The molecule has 3 rings (SSSR count). The molecule has 0 aliphatic carbocycles. The maximum atomic E-state index is 12.1. The Hall–Kier alpha value is -3.16. The maximum Gasteiger partial charge on any atom is 0.325 e. The topological polar surface area (TPSA) is 97.9 Å². The largest absolute Gasteiger partial charge is 0.359 e. The molecule has 0 bridgehead atoms. The van der Waals surface area contributed by atoms with Crippen molar-refractivity contribution >= 4 is 17.5 Å². The van der Waals surface area contributed by atoms with Gasteiger partial charge in [0.15, 0.2) is 11.6 Å². The molecule has 8 heteroatoms. The molecule has 0 saturated heterocycles. The van der Waals surface area contributed by atoms with Crippen LogP contribution in [0.25, 0.3) is 0 Å². The minimum Gasteiger partial charge on any atom is -0.359 e. The summed E-state index contributed by atoms with van der Waals surface area (Å²) < 4.78 is 6.89. The second kappa shape index (κ2) is 7.61. The highest BCUT2D eigenvalue weighted by molar-refractivity contribution is 5.99. The minimum atomic E-state index is -0.375. The van der Waals surface area contributed by atoms with Crippen LogP contribution < -0.4 is 10.6 Å². The van der Waals surface area contributed by atoms with E-state index in [0.29, 0.717) is 23.7 Å². The normalized spacial score (nSPS) is 10.6. The molecule has 0 aliphatic heterocycles. The van der Waals surface area contributed by atoms with E-state index in [1.807, 2.05) is 25.3 Å². The van der Waals surface area contributed by atoms with Crippen LogP contribution in [0.1, 0.15) is 23.9 Å². The third kappa shape index (κ3) is 4.23. The van der Waals surface area contributed by atoms with Gasteiger partial charge in [0.2, 0.25) is 0 Å². The predicted octanol–water partition coefficient (Wildman–Crippen LogP) is 3.02. The Morgan fingerprint density at radius 1 is 1.24 bits per heavy atom. The summed E-state index contributed by atoms with van der Waals surface area (Å²) in [5, 5.41) is 13.7. The van der Waals surface area contributed by atoms with Gasteiger partial charge in [-0.15, -0.1) is 0 Å². The molecule has 3 heterocycles. The molecule has 3 aromatic heterocycles. The predicted molar refractivity (Wildman–Crippen MR) is 93.4 cm³/mol. The summed E-state index contributed by atoms with van der Waals surface area (Å²) in [5.74, 6) is 1.06. The zero-order chi connectivity index (χ0) is 17.6. The van der Waals surface area contributed by atoms with Crippen LogP contribution >= 0.6 is 0 Å². The van der Waals surface area contributed by atoms with Gasteiger partial charge in [-0.05, 0) is 37.5 Å². The number of urea groups is 1. The Labute approximate surface area is 145 Å². The molecular weight excluding hydrogens is 320 g/mol. The molecule has 25 heavy (non-hydrogen) atoms. The van der Waals surface area contributed by atoms with Crippen LogP contribution in [0.5, 0.6) is 0 Å². The SMILES string of the molecule is CCc1noc(C)c1NC(=O)Nc1ccn(CCc2ccncc2)n1. The van der Waals surface area contributed by atoms with Gasteiger partial charge in [-0.2, -0.15) is 5.10 Å². The number of aromatic nitrogens is 4. The van der Waals surface area contributed by atoms with E-state index < -0.39 is 0 Å². The monoisotopic (exact) mass is 340 g/mol. The van der Waals surface area contributed by atoms with Crippen LogP contribution in [0.3, 0.4) is 0 Å². The number of carbonyl (C=O) groups is 1. The van der Waals surface area contributed by atoms with E-state index in [0.717, 1.165) is 18.7 Å². The van der Waals surface area contributed by atoms with Gasteiger partial charge in [-0.1, -0.05) is 12.1 Å². The first-order valence-corrected chi connectivity index (χ1v) is 8.11. The maximum absolute atomic E-state index is 12.1. The van der Waals surface area contributed by atoms with E-state index in [-0.39, 0.29) is 6.03 Å². The fraction of sp³-hybridized carbons (Fsp3) is 0.294. The molecule has 0 saturated carbocycles. The van der Waals surface area contributed by atoms with E-state index in [1.54, 1.807) is 30.1 Å². The highest BCUT2D eigenvalue weighted by Crippen LogP contribution is 2.20. The molecule has 2 amide bonds. The molecule has 0 spiro atoms. The number of carbonyl (C=O) groups excluding carboxylic acids is 1. The molecule has 0 aromatic carbocycles. The van der Waals surface area contributed by atoms with Crippen molar-refractivity contribution in [2.24, 2.45) is 0 Å². The Bertz CT molecular complexity index is 840. The first kappa shape index (κ1) is 16.7. The van der Waals surface area contributed by atoms with Crippen molar-refractivity contribution in [3.05, 3.63) is 53.8 Å². The summed E-state index contributed by atoms with van der Waals surface area (Å²) in [6.07, 6.45) is 6.89. The molecule has 0 radical (unpaired) electrons. The quantitative estimate of drug-likeness (QED) is 0.719. The van der Waals surface area contributed by atoms with E-state index in [9.17, 15) is 4.79 Å². The Morgan fingerprint density at radius 3 is 2.80 bits per heavy atom. The first-order chi connectivity index (χ1) is 12.2. The summed E-state index contributed by atoms with van der Waals surface area (Å²) in [6.45, 7) is 4.43. The molecule has 2 N–H and O–H groups in total. The highest BCUT2D eigenvalue weighted by atomic mass is 16.5. The van der Waals surface area contributed by atoms with Gasteiger partial charge < -0.3 is 9.84 Å². The van der Waals surface area contributed by atoms with E-state index in [4.69, 9.17) is 4.52 Å². The molecular formula is C17H20N6O2. The first-order valence-electron chi connectivity index (χ1n) is 8.11. The lowest BCUT2D eigenvalue weighted by atomic mass is 10.2. The van der Waals surface area contributed by atoms with Crippen LogP contribution in [0.15, 0.2) is 41.3 Å². The standard InChI is InChI=1S/C17H20N6O2/c1-3-14-16(12(2)25-22-14)20-17(24)19-15-7-11-23(21-15)10-6-13-4-8-18-9-5-13/h4-5,7-9,11H,3,6,10H2,1-2H3,(H2,19,20,21,24). The van der Waals surface area contributed by atoms with Crippen molar-refractivity contribution in [2.45, 2.75) is 33.2 Å². The third-order valence-electron chi connectivity index (χ3n) is 3.77. The summed E-state index contributed by atoms with van der Waals surface area (Å²) >= 11 is 0. The Balaban J connectivity index is 1.55. The molecule has 3 aromatic rings. The summed E-state index contributed by atoms with van der Waals surface area (Å²) in [4.78, 5) is 16.1. The fourth-order valence-electron chi connectivity index (χ4n) is 2.43. The van der Waals surface area contributed by atoms with Crippen molar-refractivity contribution in [3.8, 4) is 0 Å². The van der Waals surface area contributed by atoms with E-state index >= 15 is 0 Å². The Kier molecular flexibility index (Phi) is 5.08. The van der Waals surface area contributed by atoms with Crippen LogP contribution in [-0.4, -0.2) is 26.0 Å². The van der Waals surface area contributed by atoms with E-state index in [2.05, 4.69) is 25.9 Å². The number of pyridine rings is 1. The summed E-state index contributed by atoms with van der Waals surface area (Å²) in [5.41, 5.74) is 2.51. The zero-order valence-corrected chi connectivity index (χ0v) is 14.2. The Morgan fingerprint density at radius 2 is 2.04 bits per heavy atom. The second-order valence-corrected chi connectivity index (χ2v) is 5.56. The average molecular weight is 340 g/mol. The number of amides is 2. The van der Waals surface area contributed by atoms with Gasteiger partial charge in [0.25, 0.3) is 0 Å². The van der Waals surface area contributed by atoms with Gasteiger partial charge in [0, 0.05) is 31.2 Å². The van der Waals surface area contributed by atoms with Crippen molar-refractivity contribution in [3.63, 3.8) is 0 Å². The minimum absolute atomic E-state index is 0.375. The van der Waals surface area contributed by atoms with Crippen molar-refractivity contribution in [2.75, 3.05) is 10.6 Å². The van der Waals surface area contributed by atoms with Gasteiger partial charge in [0.05, 0.1) is 0 Å². The lowest BCUT2D eigenvalue weighted by Crippen LogP contribution is -2.20. The van der Waals surface area contributed by atoms with Crippen molar-refractivity contribution in [1.29, 1.82) is 0 Å². The average Bonchev–Trinajstić information content (AvgIpc) is 3.21. The number of aryl methyl sites for hydroxylation is 4. The molecule has 130 valence electrons. The van der Waals surface area contributed by atoms with Gasteiger partial charge >= 0.3 is 6.03 Å². The van der Waals surface area contributed by atoms with Crippen LogP contribution in [-0.2, 0) is 19.4 Å². The number of hydrogen-bond acceptors (Lipinski definition) is 5. The number of nitrogens with one attached hydrogen (secondary N) is 2. The summed E-state index contributed by atoms with van der Waals surface area (Å²) in [7, 11) is 0. The van der Waals surface area contributed by atoms with Gasteiger partial charge in [-0.3, -0.25) is 15.0 Å². The number of nitrogens with zero attached hydrogens (tertiary/aromatic N) is 4. The lowest BCUT2D eigenvalue weighted by molar-refractivity contribution is 0.262. The molecule has 0 unspecified atom stereocenters. The van der Waals surface area contributed by atoms with Crippen LogP contribution in [0.4, 0.5) is 16.3 Å². The number of hydrogen-bond donors (Lipinski definition) is 2. The lowest BCUT2D eigenvalue weighted by Gasteiger charge is -2.05. The van der Waals surface area contributed by atoms with Gasteiger partial charge in [0.1, 0.15) is 11.4 Å². The number of anilines is 2. The fourth-order valence-corrected chi connectivity index (χ4v) is 2.43.